The third-order valence-corrected chi connectivity index (χ3v) is 6.54. The molecule has 0 saturated carbocycles. The molecule has 0 rings (SSSR count). The number of rotatable bonds is 4. The van der Waals surface area contributed by atoms with Crippen molar-refractivity contribution in [1.82, 2.24) is 0 Å². The van der Waals surface area contributed by atoms with E-state index in [0.717, 1.165) is 10.2 Å². The zero-order valence-electron chi connectivity index (χ0n) is 7.83. The van der Waals surface area contributed by atoms with Crippen LogP contribution in [-0.4, -0.2) is 30.3 Å². The van der Waals surface area contributed by atoms with Gasteiger partial charge in [0.1, 0.15) is 0 Å². The van der Waals surface area contributed by atoms with Gasteiger partial charge in [-0.1, -0.05) is 0 Å². The SMILES string of the molecule is C[Si](C)(C)OC([SiH3])C[Si](Cl)(Cl)Cl. The highest BCUT2D eigenvalue weighted by molar-refractivity contribution is 7.64. The Balaban J connectivity index is 3.83. The van der Waals surface area contributed by atoms with Crippen LogP contribution < -0.4 is 0 Å². The van der Waals surface area contributed by atoms with Crippen molar-refractivity contribution < 1.29 is 4.43 Å². The molecular weight excluding hydrogens is 267 g/mol. The van der Waals surface area contributed by atoms with E-state index in [1.165, 1.54) is 0 Å². The first-order valence-corrected chi connectivity index (χ1v) is 13.7. The molecule has 0 aliphatic carbocycles. The van der Waals surface area contributed by atoms with E-state index < -0.39 is 14.3 Å². The molecule has 0 bridgehead atoms. The van der Waals surface area contributed by atoms with Crippen molar-refractivity contribution in [2.45, 2.75) is 31.4 Å². The Morgan fingerprint density at radius 3 is 1.92 bits per heavy atom. The minimum atomic E-state index is -2.47. The Morgan fingerprint density at radius 2 is 1.67 bits per heavy atom. The Bertz CT molecular complexity index is 126. The zero-order chi connectivity index (χ0) is 9.99. The van der Waals surface area contributed by atoms with Gasteiger partial charge in [-0.3, -0.25) is 0 Å². The van der Waals surface area contributed by atoms with Gasteiger partial charge < -0.3 is 4.43 Å². The minimum Gasteiger partial charge on any atom is -0.419 e. The van der Waals surface area contributed by atoms with E-state index in [1.54, 1.807) is 0 Å². The standard InChI is InChI=1S/C5H15Cl3OSi3/c1-11(2,3)9-5(10)4-12(6,7)8/h5H,4H2,1-3,10H3. The fourth-order valence-electron chi connectivity index (χ4n) is 0.971. The van der Waals surface area contributed by atoms with Crippen LogP contribution in [0.1, 0.15) is 0 Å². The molecule has 1 nitrogen and oxygen atoms in total. The summed E-state index contributed by atoms with van der Waals surface area (Å²) in [4.78, 5) is 0. The van der Waals surface area contributed by atoms with Crippen molar-refractivity contribution >= 4 is 57.8 Å². The summed E-state index contributed by atoms with van der Waals surface area (Å²) in [6, 6.07) is -1.82. The highest BCUT2D eigenvalue weighted by Gasteiger charge is 2.30. The molecule has 0 spiro atoms. The van der Waals surface area contributed by atoms with Crippen molar-refractivity contribution in [3.8, 4) is 0 Å². The molecule has 74 valence electrons. The minimum absolute atomic E-state index is 0.218. The second kappa shape index (κ2) is 4.82. The number of halogens is 3. The van der Waals surface area contributed by atoms with Crippen LogP contribution in [0.3, 0.4) is 0 Å². The Labute approximate surface area is 93.4 Å². The molecule has 0 fully saturated rings. The van der Waals surface area contributed by atoms with Crippen LogP contribution in [0.2, 0.25) is 25.7 Å². The fourth-order valence-corrected chi connectivity index (χ4v) is 11.4. The van der Waals surface area contributed by atoms with E-state index in [1.807, 2.05) is 0 Å². The summed E-state index contributed by atoms with van der Waals surface area (Å²) < 4.78 is 5.80. The molecule has 0 N–H and O–H groups in total. The molecular formula is C5H15Cl3OSi3. The molecule has 1 atom stereocenters. The largest absolute Gasteiger partial charge is 0.419 e. The van der Waals surface area contributed by atoms with E-state index in [2.05, 4.69) is 19.6 Å². The third kappa shape index (κ3) is 9.57. The molecule has 7 heteroatoms. The average Bonchev–Trinajstić information content (AvgIpc) is 1.49. The summed E-state index contributed by atoms with van der Waals surface area (Å²) in [7, 11) is -0.494. The highest BCUT2D eigenvalue weighted by Crippen LogP contribution is 2.27. The third-order valence-electron chi connectivity index (χ3n) is 1.07. The first kappa shape index (κ1) is 13.5. The Kier molecular flexibility index (Phi) is 5.41. The summed E-state index contributed by atoms with van der Waals surface area (Å²) in [6.07, 6.45) is 0. The molecule has 0 heterocycles. The molecule has 0 aliphatic rings. The lowest BCUT2D eigenvalue weighted by molar-refractivity contribution is 0.293. The van der Waals surface area contributed by atoms with Gasteiger partial charge in [-0.25, -0.2) is 0 Å². The normalized spacial score (nSPS) is 16.5. The summed E-state index contributed by atoms with van der Waals surface area (Å²) in [5, 5.41) is 0. The summed E-state index contributed by atoms with van der Waals surface area (Å²) in [6.45, 7) is 6.45. The topological polar surface area (TPSA) is 9.23 Å². The summed E-state index contributed by atoms with van der Waals surface area (Å²) in [5.74, 6) is 0. The van der Waals surface area contributed by atoms with Crippen molar-refractivity contribution in [2.24, 2.45) is 0 Å². The van der Waals surface area contributed by atoms with Crippen molar-refractivity contribution in [3.05, 3.63) is 0 Å². The molecule has 0 aliphatic heterocycles. The van der Waals surface area contributed by atoms with Crippen molar-refractivity contribution in [3.63, 3.8) is 0 Å². The van der Waals surface area contributed by atoms with Gasteiger partial charge in [-0.2, -0.15) is 0 Å². The maximum absolute atomic E-state index is 5.80. The van der Waals surface area contributed by atoms with Crippen molar-refractivity contribution in [1.29, 1.82) is 0 Å². The maximum Gasteiger partial charge on any atom is 0.343 e. The van der Waals surface area contributed by atoms with Gasteiger partial charge in [-0.15, -0.1) is 33.2 Å². The van der Waals surface area contributed by atoms with Crippen LogP contribution in [0.5, 0.6) is 0 Å². The Morgan fingerprint density at radius 1 is 1.25 bits per heavy atom. The molecule has 12 heavy (non-hydrogen) atoms. The van der Waals surface area contributed by atoms with Gasteiger partial charge in [-0.05, 0) is 19.6 Å². The zero-order valence-corrected chi connectivity index (χ0v) is 14.1. The van der Waals surface area contributed by atoms with E-state index in [9.17, 15) is 0 Å². The second-order valence-electron chi connectivity index (χ2n) is 3.86. The van der Waals surface area contributed by atoms with Gasteiger partial charge in [0.15, 0.2) is 8.32 Å². The fraction of sp³-hybridized carbons (Fsp3) is 1.00. The van der Waals surface area contributed by atoms with Crippen LogP contribution in [0, 0.1) is 0 Å². The quantitative estimate of drug-likeness (QED) is 0.567. The molecule has 0 aromatic heterocycles. The van der Waals surface area contributed by atoms with E-state index in [4.69, 9.17) is 37.7 Å². The van der Waals surface area contributed by atoms with Crippen LogP contribution >= 0.6 is 33.2 Å². The van der Waals surface area contributed by atoms with E-state index >= 15 is 0 Å². The lowest BCUT2D eigenvalue weighted by Crippen LogP contribution is -2.34. The maximum atomic E-state index is 5.80. The van der Waals surface area contributed by atoms with Gasteiger partial charge in [0, 0.05) is 22.0 Å². The van der Waals surface area contributed by atoms with Gasteiger partial charge in [0.25, 0.3) is 0 Å². The van der Waals surface area contributed by atoms with Crippen LogP contribution in [-0.2, 0) is 4.43 Å². The lowest BCUT2D eigenvalue weighted by Gasteiger charge is -2.25. The predicted molar refractivity (Wildman–Crippen MR) is 66.3 cm³/mol. The highest BCUT2D eigenvalue weighted by atomic mass is 35.8. The van der Waals surface area contributed by atoms with E-state index in [-0.39, 0.29) is 5.73 Å². The molecule has 0 aromatic rings. The Hall–Kier alpha value is 1.48. The number of hydrogen-bond donors (Lipinski definition) is 0. The molecule has 0 amide bonds. The average molecular weight is 282 g/mol. The first-order valence-electron chi connectivity index (χ1n) is 3.85. The predicted octanol–water partition coefficient (Wildman–Crippen LogP) is 2.18. The van der Waals surface area contributed by atoms with Gasteiger partial charge in [0.2, 0.25) is 0 Å². The molecule has 0 saturated heterocycles. The summed E-state index contributed by atoms with van der Waals surface area (Å²) in [5.41, 5.74) is 0.218. The van der Waals surface area contributed by atoms with Crippen LogP contribution in [0.25, 0.3) is 0 Å². The second-order valence-corrected chi connectivity index (χ2v) is 18.8. The van der Waals surface area contributed by atoms with Crippen molar-refractivity contribution in [2.75, 3.05) is 0 Å². The molecule has 0 radical (unpaired) electrons. The lowest BCUT2D eigenvalue weighted by atomic mass is 10.8. The van der Waals surface area contributed by atoms with Gasteiger partial charge in [0.05, 0.1) is 0 Å². The van der Waals surface area contributed by atoms with Crippen LogP contribution in [0.4, 0.5) is 0 Å². The molecule has 0 aromatic carbocycles. The monoisotopic (exact) mass is 280 g/mol. The van der Waals surface area contributed by atoms with E-state index in [0.29, 0.717) is 6.04 Å². The van der Waals surface area contributed by atoms with Crippen LogP contribution in [0.15, 0.2) is 0 Å². The summed E-state index contributed by atoms with van der Waals surface area (Å²) >= 11 is 17.4. The number of hydrogen-bond acceptors (Lipinski definition) is 1. The first-order chi connectivity index (χ1) is 5.10. The molecule has 1 unspecified atom stereocenters. The smallest absolute Gasteiger partial charge is 0.343 e. The van der Waals surface area contributed by atoms with Gasteiger partial charge >= 0.3 is 6.00 Å².